The summed E-state index contributed by atoms with van der Waals surface area (Å²) >= 11 is 4.33. The van der Waals surface area contributed by atoms with Crippen LogP contribution in [0.5, 0.6) is 0 Å². The van der Waals surface area contributed by atoms with Crippen LogP contribution in [0.25, 0.3) is 0 Å². The van der Waals surface area contributed by atoms with Crippen LogP contribution in [0.4, 0.5) is 26.3 Å². The zero-order valence-corrected chi connectivity index (χ0v) is 12.4. The predicted octanol–water partition coefficient (Wildman–Crippen LogP) is 5.26. The lowest BCUT2D eigenvalue weighted by atomic mass is 10.1. The molecule has 118 valence electrons. The Kier molecular flexibility index (Phi) is 6.30. The molecule has 1 rings (SSSR count). The molecule has 0 aromatic heterocycles. The van der Waals surface area contributed by atoms with Crippen LogP contribution in [0.3, 0.4) is 0 Å². The second-order valence-electron chi connectivity index (χ2n) is 3.71. The summed E-state index contributed by atoms with van der Waals surface area (Å²) in [5.74, 6) is -0.998. The fourth-order valence-electron chi connectivity index (χ4n) is 1.37. The highest BCUT2D eigenvalue weighted by atomic mass is 35.5. The van der Waals surface area contributed by atoms with Crippen molar-refractivity contribution in [1.29, 1.82) is 0 Å². The summed E-state index contributed by atoms with van der Waals surface area (Å²) in [6.45, 7) is 0. The monoisotopic (exact) mass is 368 g/mol. The fraction of sp³-hybridized carbons (Fsp3) is 0.364. The second kappa shape index (κ2) is 7.15. The van der Waals surface area contributed by atoms with Crippen molar-refractivity contribution in [2.75, 3.05) is 5.88 Å². The fourth-order valence-corrected chi connectivity index (χ4v) is 2.72. The molecule has 0 aliphatic carbocycles. The first-order valence-electron chi connectivity index (χ1n) is 5.22. The average Bonchev–Trinajstić information content (AvgIpc) is 2.28. The SMILES string of the molecule is O=C(CCl)Cc1cc(SC(F)(F)F)ccc1SC(F)(F)F. The number of alkyl halides is 7. The van der Waals surface area contributed by atoms with Crippen molar-refractivity contribution >= 4 is 40.9 Å². The number of rotatable bonds is 5. The summed E-state index contributed by atoms with van der Waals surface area (Å²) in [5, 5.41) is 0. The van der Waals surface area contributed by atoms with E-state index >= 15 is 0 Å². The van der Waals surface area contributed by atoms with Crippen molar-refractivity contribution in [1.82, 2.24) is 0 Å². The number of hydrogen-bond donors (Lipinski definition) is 0. The molecule has 0 N–H and O–H groups in total. The lowest BCUT2D eigenvalue weighted by Gasteiger charge is -2.13. The first-order chi connectivity index (χ1) is 9.50. The Hall–Kier alpha value is -0.540. The Balaban J connectivity index is 3.10. The van der Waals surface area contributed by atoms with Gasteiger partial charge in [0, 0.05) is 16.2 Å². The molecule has 1 nitrogen and oxygen atoms in total. The Bertz CT molecular complexity index is 514. The molecule has 0 spiro atoms. The van der Waals surface area contributed by atoms with Crippen LogP contribution in [0.1, 0.15) is 5.56 Å². The van der Waals surface area contributed by atoms with Gasteiger partial charge < -0.3 is 0 Å². The van der Waals surface area contributed by atoms with Gasteiger partial charge in [-0.3, -0.25) is 4.79 Å². The topological polar surface area (TPSA) is 17.1 Å². The van der Waals surface area contributed by atoms with E-state index in [0.29, 0.717) is 0 Å². The van der Waals surface area contributed by atoms with E-state index in [0.717, 1.165) is 18.2 Å². The molecule has 10 heteroatoms. The molecule has 0 heterocycles. The first kappa shape index (κ1) is 18.5. The molecule has 0 saturated carbocycles. The molecule has 1 aromatic rings. The summed E-state index contributed by atoms with van der Waals surface area (Å²) < 4.78 is 73.9. The number of carbonyl (C=O) groups excluding carboxylic acids is 1. The number of Topliss-reactive ketones (excluding diaryl/α,β-unsaturated/α-hetero) is 1. The van der Waals surface area contributed by atoms with E-state index < -0.39 is 52.6 Å². The number of halogens is 7. The summed E-state index contributed by atoms with van der Waals surface area (Å²) in [5.41, 5.74) is -9.29. The van der Waals surface area contributed by atoms with Crippen LogP contribution in [-0.4, -0.2) is 22.7 Å². The molecule has 21 heavy (non-hydrogen) atoms. The van der Waals surface area contributed by atoms with E-state index in [1.807, 2.05) is 0 Å². The molecule has 0 radical (unpaired) electrons. The molecule has 0 unspecified atom stereocenters. The minimum atomic E-state index is -4.60. The van der Waals surface area contributed by atoms with Crippen LogP contribution >= 0.6 is 35.1 Å². The highest BCUT2D eigenvalue weighted by molar-refractivity contribution is 8.00. The van der Waals surface area contributed by atoms with Crippen molar-refractivity contribution in [3.63, 3.8) is 0 Å². The van der Waals surface area contributed by atoms with Gasteiger partial charge >= 0.3 is 11.0 Å². The number of hydrogen-bond acceptors (Lipinski definition) is 3. The Morgan fingerprint density at radius 1 is 1.05 bits per heavy atom. The minimum absolute atomic E-state index is 0.128. The average molecular weight is 369 g/mol. The van der Waals surface area contributed by atoms with Gasteiger partial charge in [0.25, 0.3) is 0 Å². The maximum absolute atomic E-state index is 12.4. The predicted molar refractivity (Wildman–Crippen MR) is 69.7 cm³/mol. The molecule has 0 aliphatic heterocycles. The summed E-state index contributed by atoms with van der Waals surface area (Å²) in [6, 6.07) is 2.78. The van der Waals surface area contributed by atoms with E-state index in [1.165, 1.54) is 0 Å². The Morgan fingerprint density at radius 3 is 2.10 bits per heavy atom. The number of ketones is 1. The van der Waals surface area contributed by atoms with Gasteiger partial charge in [-0.15, -0.1) is 11.6 Å². The lowest BCUT2D eigenvalue weighted by Crippen LogP contribution is -2.08. The zero-order chi connectivity index (χ0) is 16.3. The quantitative estimate of drug-likeness (QED) is 0.401. The van der Waals surface area contributed by atoms with E-state index in [4.69, 9.17) is 11.6 Å². The smallest absolute Gasteiger partial charge is 0.298 e. The first-order valence-corrected chi connectivity index (χ1v) is 7.39. The van der Waals surface area contributed by atoms with Gasteiger partial charge in [0.1, 0.15) is 0 Å². The van der Waals surface area contributed by atoms with Gasteiger partial charge in [-0.1, -0.05) is 0 Å². The zero-order valence-electron chi connectivity index (χ0n) is 10.0. The van der Waals surface area contributed by atoms with E-state index in [-0.39, 0.29) is 15.4 Å². The molecular formula is C11H7ClF6OS2. The van der Waals surface area contributed by atoms with Gasteiger partial charge in [0.15, 0.2) is 5.78 Å². The van der Waals surface area contributed by atoms with Crippen LogP contribution in [-0.2, 0) is 11.2 Å². The maximum atomic E-state index is 12.4. The molecule has 0 aliphatic rings. The molecular weight excluding hydrogens is 362 g/mol. The molecule has 1 aromatic carbocycles. The second-order valence-corrected chi connectivity index (χ2v) is 6.23. The minimum Gasteiger partial charge on any atom is -0.298 e. The Labute approximate surface area is 129 Å². The van der Waals surface area contributed by atoms with Crippen molar-refractivity contribution in [3.8, 4) is 0 Å². The molecule has 0 atom stereocenters. The van der Waals surface area contributed by atoms with E-state index in [1.54, 1.807) is 0 Å². The highest BCUT2D eigenvalue weighted by Crippen LogP contribution is 2.42. The van der Waals surface area contributed by atoms with Crippen LogP contribution in [0, 0.1) is 0 Å². The standard InChI is InChI=1S/C11H7ClF6OS2/c12-5-7(19)3-6-4-8(20-10(13,14)15)1-2-9(6)21-11(16,17)18/h1-2,4H,3,5H2. The lowest BCUT2D eigenvalue weighted by molar-refractivity contribution is -0.116. The van der Waals surface area contributed by atoms with Gasteiger partial charge in [0.05, 0.1) is 5.88 Å². The summed E-state index contributed by atoms with van der Waals surface area (Å²) in [7, 11) is 0. The van der Waals surface area contributed by atoms with Crippen LogP contribution in [0.15, 0.2) is 28.0 Å². The van der Waals surface area contributed by atoms with Gasteiger partial charge in [-0.25, -0.2) is 0 Å². The summed E-state index contributed by atoms with van der Waals surface area (Å²) in [6.07, 6.45) is -0.450. The van der Waals surface area contributed by atoms with Crippen molar-refractivity contribution in [3.05, 3.63) is 23.8 Å². The van der Waals surface area contributed by atoms with Crippen molar-refractivity contribution in [2.24, 2.45) is 0 Å². The maximum Gasteiger partial charge on any atom is 0.446 e. The number of carbonyl (C=O) groups is 1. The third-order valence-corrected chi connectivity index (χ3v) is 3.90. The third kappa shape index (κ3) is 7.32. The molecule has 0 amide bonds. The largest absolute Gasteiger partial charge is 0.446 e. The van der Waals surface area contributed by atoms with Crippen LogP contribution < -0.4 is 0 Å². The van der Waals surface area contributed by atoms with E-state index in [9.17, 15) is 31.1 Å². The molecule has 0 fully saturated rings. The van der Waals surface area contributed by atoms with Gasteiger partial charge in [-0.2, -0.15) is 26.3 Å². The number of benzene rings is 1. The van der Waals surface area contributed by atoms with E-state index in [2.05, 4.69) is 0 Å². The Morgan fingerprint density at radius 2 is 1.62 bits per heavy atom. The molecule has 0 bridgehead atoms. The number of thioether (sulfide) groups is 2. The van der Waals surface area contributed by atoms with Crippen LogP contribution in [0.2, 0.25) is 0 Å². The normalized spacial score (nSPS) is 12.5. The summed E-state index contributed by atoms with van der Waals surface area (Å²) in [4.78, 5) is 10.6. The highest BCUT2D eigenvalue weighted by Gasteiger charge is 2.32. The van der Waals surface area contributed by atoms with Gasteiger partial charge in [0.2, 0.25) is 0 Å². The third-order valence-electron chi connectivity index (χ3n) is 2.03. The van der Waals surface area contributed by atoms with Crippen molar-refractivity contribution in [2.45, 2.75) is 27.2 Å². The van der Waals surface area contributed by atoms with Crippen molar-refractivity contribution < 1.29 is 31.1 Å². The molecule has 0 saturated heterocycles. The van der Waals surface area contributed by atoms with Gasteiger partial charge in [-0.05, 0) is 47.3 Å².